The van der Waals surface area contributed by atoms with E-state index in [9.17, 15) is 13.6 Å². The van der Waals surface area contributed by atoms with Crippen LogP contribution in [0.1, 0.15) is 59.3 Å². The van der Waals surface area contributed by atoms with Gasteiger partial charge in [-0.1, -0.05) is 19.8 Å². The smallest absolute Gasteiger partial charge is 0.305 e. The number of carbonyl (C=O) groups excluding carboxylic acids is 1. The Balaban J connectivity index is 3.50. The predicted molar refractivity (Wildman–Crippen MR) is 76.9 cm³/mol. The molecule has 0 unspecified atom stereocenters. The Kier molecular flexibility index (Phi) is 10.3. The van der Waals surface area contributed by atoms with Crippen molar-refractivity contribution < 1.29 is 18.3 Å². The average Bonchev–Trinajstić information content (AvgIpc) is 2.34. The van der Waals surface area contributed by atoms with Gasteiger partial charge in [0.1, 0.15) is 6.61 Å². The lowest BCUT2D eigenvalue weighted by atomic mass is 10.2. The third kappa shape index (κ3) is 12.5. The normalized spacial score (nSPS) is 11.9. The van der Waals surface area contributed by atoms with Crippen molar-refractivity contribution in [2.75, 3.05) is 12.4 Å². The minimum absolute atomic E-state index is 0.0194. The Morgan fingerprint density at radius 2 is 1.84 bits per heavy atom. The maximum Gasteiger partial charge on any atom is 0.305 e. The molecule has 0 saturated carbocycles. The Bertz CT molecular complexity index is 246. The van der Waals surface area contributed by atoms with Gasteiger partial charge in [0.2, 0.25) is 6.43 Å². The zero-order valence-electron chi connectivity index (χ0n) is 12.2. The molecule has 0 amide bonds. The standard InChI is InChI=1S/C14H26F2O2S/c1-4-13(17)18-11-14(2,3)19-10-8-6-5-7-9-12(15)16/h12H,4-11H2,1-3H3. The van der Waals surface area contributed by atoms with E-state index in [4.69, 9.17) is 4.74 Å². The first-order valence-corrected chi connectivity index (χ1v) is 7.93. The van der Waals surface area contributed by atoms with Crippen molar-refractivity contribution in [2.24, 2.45) is 0 Å². The molecule has 0 spiro atoms. The monoisotopic (exact) mass is 296 g/mol. The fraction of sp³-hybridized carbons (Fsp3) is 0.929. The van der Waals surface area contributed by atoms with Gasteiger partial charge in [0.25, 0.3) is 0 Å². The van der Waals surface area contributed by atoms with Gasteiger partial charge in [0.15, 0.2) is 0 Å². The summed E-state index contributed by atoms with van der Waals surface area (Å²) in [6.07, 6.45) is 1.76. The van der Waals surface area contributed by atoms with Crippen molar-refractivity contribution in [3.8, 4) is 0 Å². The van der Waals surface area contributed by atoms with Gasteiger partial charge in [-0.15, -0.1) is 0 Å². The summed E-state index contributed by atoms with van der Waals surface area (Å²) in [5.74, 6) is 0.811. The summed E-state index contributed by atoms with van der Waals surface area (Å²) in [5.41, 5.74) is 0. The number of rotatable bonds is 11. The molecule has 0 aromatic heterocycles. The maximum atomic E-state index is 11.9. The molecule has 0 rings (SSSR count). The minimum atomic E-state index is -2.17. The van der Waals surface area contributed by atoms with Crippen LogP contribution in [0, 0.1) is 0 Å². The largest absolute Gasteiger partial charge is 0.464 e. The van der Waals surface area contributed by atoms with Crippen LogP contribution >= 0.6 is 11.8 Å². The predicted octanol–water partition coefficient (Wildman–Crippen LogP) is 4.67. The fourth-order valence-electron chi connectivity index (χ4n) is 1.50. The lowest BCUT2D eigenvalue weighted by Crippen LogP contribution is -2.25. The topological polar surface area (TPSA) is 26.3 Å². The van der Waals surface area contributed by atoms with Crippen LogP contribution in [-0.2, 0) is 9.53 Å². The van der Waals surface area contributed by atoms with Crippen LogP contribution < -0.4 is 0 Å². The van der Waals surface area contributed by atoms with Crippen molar-refractivity contribution >= 4 is 17.7 Å². The van der Waals surface area contributed by atoms with Crippen LogP contribution in [-0.4, -0.2) is 29.5 Å². The zero-order chi connectivity index (χ0) is 14.7. The van der Waals surface area contributed by atoms with E-state index in [1.165, 1.54) is 0 Å². The highest BCUT2D eigenvalue weighted by atomic mass is 32.2. The van der Waals surface area contributed by atoms with Crippen molar-refractivity contribution in [1.29, 1.82) is 0 Å². The first kappa shape index (κ1) is 18.7. The van der Waals surface area contributed by atoms with Crippen molar-refractivity contribution in [3.63, 3.8) is 0 Å². The molecule has 0 saturated heterocycles. The highest BCUT2D eigenvalue weighted by Gasteiger charge is 2.20. The molecule has 114 valence electrons. The van der Waals surface area contributed by atoms with Crippen LogP contribution in [0.4, 0.5) is 8.78 Å². The summed E-state index contributed by atoms with van der Waals surface area (Å²) in [6.45, 7) is 6.31. The van der Waals surface area contributed by atoms with Crippen molar-refractivity contribution in [3.05, 3.63) is 0 Å². The van der Waals surface area contributed by atoms with Gasteiger partial charge in [-0.05, 0) is 32.4 Å². The molecule has 0 heterocycles. The van der Waals surface area contributed by atoms with Crippen LogP contribution in [0.3, 0.4) is 0 Å². The molecule has 0 aromatic rings. The van der Waals surface area contributed by atoms with Gasteiger partial charge in [-0.2, -0.15) is 11.8 Å². The molecule has 0 aliphatic carbocycles. The number of unbranched alkanes of at least 4 members (excludes halogenated alkanes) is 3. The van der Waals surface area contributed by atoms with E-state index in [2.05, 4.69) is 13.8 Å². The maximum absolute atomic E-state index is 11.9. The Morgan fingerprint density at radius 1 is 1.21 bits per heavy atom. The molecule has 0 aliphatic rings. The number of esters is 1. The number of halogens is 2. The second-order valence-corrected chi connectivity index (χ2v) is 7.02. The van der Waals surface area contributed by atoms with Crippen LogP contribution in [0.25, 0.3) is 0 Å². The molecule has 2 nitrogen and oxygen atoms in total. The summed E-state index contributed by atoms with van der Waals surface area (Å²) in [6, 6.07) is 0. The van der Waals surface area contributed by atoms with Crippen molar-refractivity contribution in [1.82, 2.24) is 0 Å². The highest BCUT2D eigenvalue weighted by molar-refractivity contribution is 8.00. The van der Waals surface area contributed by atoms with E-state index in [1.807, 2.05) is 0 Å². The van der Waals surface area contributed by atoms with E-state index in [-0.39, 0.29) is 17.1 Å². The van der Waals surface area contributed by atoms with E-state index >= 15 is 0 Å². The summed E-state index contributed by atoms with van der Waals surface area (Å²) in [7, 11) is 0. The van der Waals surface area contributed by atoms with Gasteiger partial charge >= 0.3 is 5.97 Å². The highest BCUT2D eigenvalue weighted by Crippen LogP contribution is 2.26. The Labute approximate surface area is 119 Å². The van der Waals surface area contributed by atoms with E-state index in [1.54, 1.807) is 18.7 Å². The zero-order valence-corrected chi connectivity index (χ0v) is 13.0. The lowest BCUT2D eigenvalue weighted by Gasteiger charge is -2.23. The summed E-state index contributed by atoms with van der Waals surface area (Å²) < 4.78 is 28.9. The quantitative estimate of drug-likeness (QED) is 0.409. The van der Waals surface area contributed by atoms with Gasteiger partial charge < -0.3 is 4.74 Å². The number of alkyl halides is 2. The van der Waals surface area contributed by atoms with Crippen molar-refractivity contribution in [2.45, 2.75) is 70.5 Å². The molecule has 0 aromatic carbocycles. The third-order valence-electron chi connectivity index (χ3n) is 2.68. The molecule has 0 N–H and O–H groups in total. The van der Waals surface area contributed by atoms with E-state index in [0.29, 0.717) is 19.4 Å². The first-order valence-electron chi connectivity index (χ1n) is 6.95. The van der Waals surface area contributed by atoms with Crippen LogP contribution in [0.15, 0.2) is 0 Å². The molecular weight excluding hydrogens is 270 g/mol. The van der Waals surface area contributed by atoms with E-state index < -0.39 is 6.43 Å². The Hall–Kier alpha value is -0.320. The fourth-order valence-corrected chi connectivity index (χ4v) is 2.54. The molecule has 0 fully saturated rings. The SMILES string of the molecule is CCC(=O)OCC(C)(C)SCCCCCCC(F)F. The molecule has 19 heavy (non-hydrogen) atoms. The number of thioether (sulfide) groups is 1. The second-order valence-electron chi connectivity index (χ2n) is 5.22. The molecule has 0 bridgehead atoms. The van der Waals surface area contributed by atoms with Gasteiger partial charge in [-0.3, -0.25) is 4.79 Å². The lowest BCUT2D eigenvalue weighted by molar-refractivity contribution is -0.143. The summed E-state index contributed by atoms with van der Waals surface area (Å²) >= 11 is 1.77. The van der Waals surface area contributed by atoms with Gasteiger partial charge in [0.05, 0.1) is 0 Å². The molecule has 0 radical (unpaired) electrons. The number of hydrogen-bond donors (Lipinski definition) is 0. The van der Waals surface area contributed by atoms with Crippen LogP contribution in [0.5, 0.6) is 0 Å². The second kappa shape index (κ2) is 10.5. The average molecular weight is 296 g/mol. The number of carbonyl (C=O) groups is 1. The molecule has 5 heteroatoms. The number of hydrogen-bond acceptors (Lipinski definition) is 3. The van der Waals surface area contributed by atoms with Gasteiger partial charge in [-0.25, -0.2) is 8.78 Å². The van der Waals surface area contributed by atoms with Gasteiger partial charge in [0, 0.05) is 17.6 Å². The van der Waals surface area contributed by atoms with Crippen LogP contribution in [0.2, 0.25) is 0 Å². The third-order valence-corrected chi connectivity index (χ3v) is 4.07. The molecule has 0 aliphatic heterocycles. The van der Waals surface area contributed by atoms with E-state index in [0.717, 1.165) is 25.0 Å². The minimum Gasteiger partial charge on any atom is -0.464 e. The Morgan fingerprint density at radius 3 is 2.42 bits per heavy atom. The molecular formula is C14H26F2O2S. The number of ether oxygens (including phenoxy) is 1. The summed E-state index contributed by atoms with van der Waals surface area (Å²) in [5, 5.41) is 0. The molecule has 0 atom stereocenters. The first-order chi connectivity index (χ1) is 8.87. The summed E-state index contributed by atoms with van der Waals surface area (Å²) in [4.78, 5) is 11.1.